The zero-order valence-corrected chi connectivity index (χ0v) is 17.6. The molecule has 3 aromatic rings. The van der Waals surface area contributed by atoms with E-state index in [0.29, 0.717) is 24.4 Å². The number of nitrogens with zero attached hydrogens (tertiary/aromatic N) is 3. The Morgan fingerprint density at radius 2 is 1.74 bits per heavy atom. The van der Waals surface area contributed by atoms with Crippen LogP contribution in [0.4, 0.5) is 5.69 Å². The van der Waals surface area contributed by atoms with Crippen molar-refractivity contribution in [1.82, 2.24) is 14.9 Å². The lowest BCUT2D eigenvalue weighted by Crippen LogP contribution is -2.42. The van der Waals surface area contributed by atoms with E-state index in [9.17, 15) is 9.59 Å². The van der Waals surface area contributed by atoms with E-state index in [1.54, 1.807) is 12.4 Å². The van der Waals surface area contributed by atoms with Crippen LogP contribution < -0.4 is 5.32 Å². The number of hydrogen-bond donors (Lipinski definition) is 1. The fourth-order valence-electron chi connectivity index (χ4n) is 4.92. The first-order valence-corrected chi connectivity index (χ1v) is 10.6. The molecule has 2 aliphatic rings. The summed E-state index contributed by atoms with van der Waals surface area (Å²) in [4.78, 5) is 37.5. The first-order chi connectivity index (χ1) is 15.0. The summed E-state index contributed by atoms with van der Waals surface area (Å²) in [7, 11) is 0. The molecule has 1 spiro atoms. The van der Waals surface area contributed by atoms with Gasteiger partial charge in [0.15, 0.2) is 0 Å². The first-order valence-electron chi connectivity index (χ1n) is 10.6. The normalized spacial score (nSPS) is 22.1. The second kappa shape index (κ2) is 7.30. The lowest BCUT2D eigenvalue weighted by molar-refractivity contribution is -0.121. The SMILES string of the molecule is CC(C)c1ncc(C(=O)N2CC[C@]3(C(=O)Nc4ccccc43)[C@@H]2c2ccccc2)cn1. The Labute approximate surface area is 181 Å². The van der Waals surface area contributed by atoms with Crippen LogP contribution in [-0.4, -0.2) is 33.2 Å². The number of hydrogen-bond acceptors (Lipinski definition) is 4. The molecule has 0 bridgehead atoms. The number of fused-ring (bicyclic) bond motifs is 2. The molecule has 6 nitrogen and oxygen atoms in total. The molecule has 1 saturated heterocycles. The Hall–Kier alpha value is -3.54. The van der Waals surface area contributed by atoms with Crippen LogP contribution in [0.15, 0.2) is 67.0 Å². The molecule has 156 valence electrons. The Balaban J connectivity index is 1.61. The predicted octanol–water partition coefficient (Wildman–Crippen LogP) is 4.08. The van der Waals surface area contributed by atoms with E-state index < -0.39 is 11.5 Å². The van der Waals surface area contributed by atoms with Crippen LogP contribution in [0.3, 0.4) is 0 Å². The quantitative estimate of drug-likeness (QED) is 0.703. The average molecular weight is 412 g/mol. The molecule has 0 radical (unpaired) electrons. The van der Waals surface area contributed by atoms with E-state index in [0.717, 1.165) is 16.8 Å². The first kappa shape index (κ1) is 19.4. The molecule has 5 rings (SSSR count). The number of nitrogens with one attached hydrogen (secondary N) is 1. The van der Waals surface area contributed by atoms with Gasteiger partial charge in [-0.15, -0.1) is 0 Å². The third kappa shape index (κ3) is 2.93. The summed E-state index contributed by atoms with van der Waals surface area (Å²) in [5.74, 6) is 0.690. The minimum absolute atomic E-state index is 0.0516. The standard InChI is InChI=1S/C25H24N4O2/c1-16(2)22-26-14-18(15-27-22)23(30)29-13-12-25(21(29)17-8-4-3-5-9-17)19-10-6-7-11-20(19)28-24(25)31/h3-11,14-16,21H,12-13H2,1-2H3,(H,28,31)/t21-,25+/m0/s1. The summed E-state index contributed by atoms with van der Waals surface area (Å²) in [5.41, 5.74) is 2.35. The number of para-hydroxylation sites is 1. The van der Waals surface area contributed by atoms with E-state index in [2.05, 4.69) is 15.3 Å². The van der Waals surface area contributed by atoms with Gasteiger partial charge < -0.3 is 10.2 Å². The Morgan fingerprint density at radius 3 is 2.45 bits per heavy atom. The Morgan fingerprint density at radius 1 is 1.06 bits per heavy atom. The van der Waals surface area contributed by atoms with Gasteiger partial charge >= 0.3 is 0 Å². The van der Waals surface area contributed by atoms with Crippen LogP contribution in [0.2, 0.25) is 0 Å². The number of aromatic nitrogens is 2. The topological polar surface area (TPSA) is 75.2 Å². The van der Waals surface area contributed by atoms with Crippen molar-refractivity contribution >= 4 is 17.5 Å². The van der Waals surface area contributed by atoms with Crippen molar-refractivity contribution in [2.24, 2.45) is 0 Å². The molecular weight excluding hydrogens is 388 g/mol. The molecule has 1 fully saturated rings. The summed E-state index contributed by atoms with van der Waals surface area (Å²) in [6.45, 7) is 4.51. The van der Waals surface area contributed by atoms with E-state index in [4.69, 9.17) is 0 Å². The number of rotatable bonds is 3. The van der Waals surface area contributed by atoms with Gasteiger partial charge in [0.05, 0.1) is 11.6 Å². The molecule has 2 aliphatic heterocycles. The van der Waals surface area contributed by atoms with Gasteiger partial charge in [0.1, 0.15) is 11.2 Å². The second-order valence-corrected chi connectivity index (χ2v) is 8.52. The summed E-state index contributed by atoms with van der Waals surface area (Å²) >= 11 is 0. The van der Waals surface area contributed by atoms with Crippen molar-refractivity contribution in [3.05, 3.63) is 89.5 Å². The molecule has 2 aromatic carbocycles. The van der Waals surface area contributed by atoms with Crippen LogP contribution in [-0.2, 0) is 10.2 Å². The highest BCUT2D eigenvalue weighted by Gasteiger charge is 2.59. The molecule has 1 aromatic heterocycles. The van der Waals surface area contributed by atoms with Crippen molar-refractivity contribution in [3.63, 3.8) is 0 Å². The van der Waals surface area contributed by atoms with E-state index in [1.165, 1.54) is 0 Å². The summed E-state index contributed by atoms with van der Waals surface area (Å²) in [5, 5.41) is 3.05. The fourth-order valence-corrected chi connectivity index (χ4v) is 4.92. The van der Waals surface area contributed by atoms with Gasteiger partial charge in [0, 0.05) is 30.5 Å². The van der Waals surface area contributed by atoms with E-state index in [1.807, 2.05) is 73.3 Å². The van der Waals surface area contributed by atoms with Crippen LogP contribution >= 0.6 is 0 Å². The second-order valence-electron chi connectivity index (χ2n) is 8.52. The van der Waals surface area contributed by atoms with Gasteiger partial charge in [-0.1, -0.05) is 62.4 Å². The van der Waals surface area contributed by atoms with Gasteiger partial charge in [0.25, 0.3) is 5.91 Å². The van der Waals surface area contributed by atoms with Gasteiger partial charge in [-0.2, -0.15) is 0 Å². The Kier molecular flexibility index (Phi) is 4.58. The maximum Gasteiger partial charge on any atom is 0.257 e. The summed E-state index contributed by atoms with van der Waals surface area (Å²) < 4.78 is 0. The number of carbonyl (C=O) groups is 2. The van der Waals surface area contributed by atoms with Crippen LogP contribution in [0.5, 0.6) is 0 Å². The molecule has 2 atom stereocenters. The molecule has 2 amide bonds. The third-order valence-electron chi connectivity index (χ3n) is 6.40. The van der Waals surface area contributed by atoms with Crippen molar-refractivity contribution in [1.29, 1.82) is 0 Å². The number of anilines is 1. The molecule has 6 heteroatoms. The molecule has 1 N–H and O–H groups in total. The third-order valence-corrected chi connectivity index (χ3v) is 6.40. The smallest absolute Gasteiger partial charge is 0.257 e. The van der Waals surface area contributed by atoms with Crippen molar-refractivity contribution in [2.75, 3.05) is 11.9 Å². The van der Waals surface area contributed by atoms with Crippen molar-refractivity contribution in [3.8, 4) is 0 Å². The molecule has 31 heavy (non-hydrogen) atoms. The highest BCUT2D eigenvalue weighted by Crippen LogP contribution is 2.54. The van der Waals surface area contributed by atoms with Crippen LogP contribution in [0, 0.1) is 0 Å². The highest BCUT2D eigenvalue weighted by atomic mass is 16.2. The molecule has 0 aliphatic carbocycles. The van der Waals surface area contributed by atoms with E-state index in [-0.39, 0.29) is 17.7 Å². The largest absolute Gasteiger partial charge is 0.330 e. The van der Waals surface area contributed by atoms with Gasteiger partial charge in [-0.3, -0.25) is 9.59 Å². The molecule has 0 saturated carbocycles. The summed E-state index contributed by atoms with van der Waals surface area (Å²) in [6.07, 6.45) is 3.76. The maximum absolute atomic E-state index is 13.6. The fraction of sp³-hybridized carbons (Fsp3) is 0.280. The summed E-state index contributed by atoms with van der Waals surface area (Å²) in [6, 6.07) is 17.2. The average Bonchev–Trinajstić information content (AvgIpc) is 3.33. The zero-order valence-electron chi connectivity index (χ0n) is 17.6. The minimum Gasteiger partial charge on any atom is -0.330 e. The van der Waals surface area contributed by atoms with Crippen LogP contribution in [0.25, 0.3) is 0 Å². The molecular formula is C25H24N4O2. The van der Waals surface area contributed by atoms with Crippen molar-refractivity contribution in [2.45, 2.75) is 37.6 Å². The van der Waals surface area contributed by atoms with E-state index >= 15 is 0 Å². The highest BCUT2D eigenvalue weighted by molar-refractivity contribution is 6.08. The van der Waals surface area contributed by atoms with Crippen molar-refractivity contribution < 1.29 is 9.59 Å². The Bertz CT molecular complexity index is 1140. The zero-order chi connectivity index (χ0) is 21.6. The van der Waals surface area contributed by atoms with Gasteiger partial charge in [0.2, 0.25) is 5.91 Å². The van der Waals surface area contributed by atoms with Crippen LogP contribution in [0.1, 0.15) is 59.5 Å². The maximum atomic E-state index is 13.6. The van der Waals surface area contributed by atoms with Gasteiger partial charge in [-0.25, -0.2) is 9.97 Å². The monoisotopic (exact) mass is 412 g/mol. The number of carbonyl (C=O) groups excluding carboxylic acids is 2. The van der Waals surface area contributed by atoms with Gasteiger partial charge in [-0.05, 0) is 23.6 Å². The molecule has 3 heterocycles. The number of amides is 2. The lowest BCUT2D eigenvalue weighted by Gasteiger charge is -2.34. The number of benzene rings is 2. The number of likely N-dealkylation sites (tertiary alicyclic amines) is 1. The predicted molar refractivity (Wildman–Crippen MR) is 118 cm³/mol. The lowest BCUT2D eigenvalue weighted by atomic mass is 9.72. The molecule has 0 unspecified atom stereocenters. The minimum atomic E-state index is -0.813.